The number of nitrogens with zero attached hydrogens (tertiary/aromatic N) is 5. The SMILES string of the molecule is NOOSc1ccc(CCN(Cc2nccn2CC(=O)O)Cc2nccn2CC(=O)O)cc1. The summed E-state index contributed by atoms with van der Waals surface area (Å²) < 4.78 is 7.78. The van der Waals surface area contributed by atoms with Crippen molar-refractivity contribution in [3.8, 4) is 0 Å². The molecule has 0 spiro atoms. The maximum absolute atomic E-state index is 11.2. The number of rotatable bonds is 14. The molecule has 0 amide bonds. The van der Waals surface area contributed by atoms with E-state index in [0.717, 1.165) is 22.5 Å². The van der Waals surface area contributed by atoms with E-state index >= 15 is 0 Å². The summed E-state index contributed by atoms with van der Waals surface area (Å²) in [5.74, 6) is 4.12. The van der Waals surface area contributed by atoms with Gasteiger partial charge in [0.1, 0.15) is 24.7 Å². The molecule has 0 unspecified atom stereocenters. The number of nitrogens with two attached hydrogens (primary N) is 1. The molecule has 2 heterocycles. The number of imidazole rings is 2. The third kappa shape index (κ3) is 7.69. The molecule has 0 atom stereocenters. The van der Waals surface area contributed by atoms with Crippen molar-refractivity contribution in [3.05, 3.63) is 66.3 Å². The van der Waals surface area contributed by atoms with Crippen LogP contribution in [0.1, 0.15) is 17.2 Å². The molecular weight excluding hydrogens is 452 g/mol. The van der Waals surface area contributed by atoms with Crippen LogP contribution in [-0.4, -0.2) is 52.7 Å². The van der Waals surface area contributed by atoms with Crippen molar-refractivity contribution in [3.63, 3.8) is 0 Å². The first-order valence-electron chi connectivity index (χ1n) is 9.89. The predicted molar refractivity (Wildman–Crippen MR) is 116 cm³/mol. The highest BCUT2D eigenvalue weighted by Gasteiger charge is 2.16. The maximum atomic E-state index is 11.2. The minimum atomic E-state index is -0.959. The van der Waals surface area contributed by atoms with Gasteiger partial charge in [-0.05, 0) is 24.1 Å². The fourth-order valence-corrected chi connectivity index (χ4v) is 3.60. The molecule has 12 nitrogen and oxygen atoms in total. The Balaban J connectivity index is 1.72. The smallest absolute Gasteiger partial charge is 0.323 e. The Bertz CT molecular complexity index is 997. The Kier molecular flexibility index (Phi) is 8.97. The first-order valence-corrected chi connectivity index (χ1v) is 10.6. The van der Waals surface area contributed by atoms with Crippen LogP contribution in [0.25, 0.3) is 0 Å². The molecule has 0 aliphatic rings. The number of carboxylic acids is 2. The molecule has 4 N–H and O–H groups in total. The topological polar surface area (TPSA) is 158 Å². The zero-order chi connectivity index (χ0) is 23.6. The molecule has 0 saturated carbocycles. The summed E-state index contributed by atoms with van der Waals surface area (Å²) in [6.07, 6.45) is 7.06. The molecule has 0 bridgehead atoms. The fraction of sp³-hybridized carbons (Fsp3) is 0.300. The van der Waals surface area contributed by atoms with Crippen molar-refractivity contribution in [2.24, 2.45) is 5.90 Å². The number of aromatic nitrogens is 4. The van der Waals surface area contributed by atoms with Gasteiger partial charge >= 0.3 is 11.9 Å². The van der Waals surface area contributed by atoms with Gasteiger partial charge in [-0.3, -0.25) is 14.5 Å². The highest BCUT2D eigenvalue weighted by atomic mass is 32.2. The maximum Gasteiger partial charge on any atom is 0.323 e. The van der Waals surface area contributed by atoms with Crippen LogP contribution in [0.3, 0.4) is 0 Å². The lowest BCUT2D eigenvalue weighted by Crippen LogP contribution is -2.29. The molecule has 1 aromatic carbocycles. The Labute approximate surface area is 193 Å². The van der Waals surface area contributed by atoms with Crippen LogP contribution in [0.2, 0.25) is 0 Å². The molecule has 0 fully saturated rings. The lowest BCUT2D eigenvalue weighted by Gasteiger charge is -2.22. The number of carbonyl (C=O) groups is 2. The monoisotopic (exact) mass is 476 g/mol. The molecule has 0 radical (unpaired) electrons. The minimum Gasteiger partial charge on any atom is -0.480 e. The van der Waals surface area contributed by atoms with E-state index in [1.165, 1.54) is 0 Å². The first kappa shape index (κ1) is 24.4. The molecule has 3 aromatic rings. The quantitative estimate of drug-likeness (QED) is 0.175. The second-order valence-electron chi connectivity index (χ2n) is 7.08. The van der Waals surface area contributed by atoms with Crippen LogP contribution in [0.15, 0.2) is 53.9 Å². The first-order chi connectivity index (χ1) is 15.9. The van der Waals surface area contributed by atoms with Gasteiger partial charge < -0.3 is 19.3 Å². The molecule has 0 saturated heterocycles. The third-order valence-corrected chi connectivity index (χ3v) is 5.37. The van der Waals surface area contributed by atoms with Crippen molar-refractivity contribution < 1.29 is 29.1 Å². The van der Waals surface area contributed by atoms with Crippen LogP contribution < -0.4 is 5.90 Å². The van der Waals surface area contributed by atoms with Gasteiger partial charge in [0, 0.05) is 36.2 Å². The Morgan fingerprint density at radius 2 is 1.52 bits per heavy atom. The number of hydrogen-bond acceptors (Lipinski definition) is 9. The van der Waals surface area contributed by atoms with Crippen LogP contribution in [0.4, 0.5) is 0 Å². The van der Waals surface area contributed by atoms with Gasteiger partial charge in [-0.15, -0.1) is 9.32 Å². The van der Waals surface area contributed by atoms with E-state index in [-0.39, 0.29) is 13.1 Å². The zero-order valence-electron chi connectivity index (χ0n) is 17.6. The van der Waals surface area contributed by atoms with Gasteiger partial charge in [0.25, 0.3) is 0 Å². The largest absolute Gasteiger partial charge is 0.480 e. The van der Waals surface area contributed by atoms with Gasteiger partial charge in [0.05, 0.1) is 25.1 Å². The summed E-state index contributed by atoms with van der Waals surface area (Å²) in [6.45, 7) is 0.968. The van der Waals surface area contributed by atoms with E-state index in [0.29, 0.717) is 37.7 Å². The van der Waals surface area contributed by atoms with Gasteiger partial charge in [-0.1, -0.05) is 12.1 Å². The molecule has 176 valence electrons. The highest BCUT2D eigenvalue weighted by molar-refractivity contribution is 7.94. The summed E-state index contributed by atoms with van der Waals surface area (Å²) in [5, 5.41) is 18.3. The van der Waals surface area contributed by atoms with E-state index in [1.54, 1.807) is 33.9 Å². The highest BCUT2D eigenvalue weighted by Crippen LogP contribution is 2.19. The van der Waals surface area contributed by atoms with Gasteiger partial charge in [-0.2, -0.15) is 5.90 Å². The number of benzene rings is 1. The zero-order valence-corrected chi connectivity index (χ0v) is 18.4. The van der Waals surface area contributed by atoms with Crippen molar-refractivity contribution in [1.82, 2.24) is 24.0 Å². The van der Waals surface area contributed by atoms with Crippen molar-refractivity contribution in [2.45, 2.75) is 37.5 Å². The van der Waals surface area contributed by atoms with E-state index < -0.39 is 11.9 Å². The number of hydrogen-bond donors (Lipinski definition) is 3. The standard InChI is InChI=1S/C20H24N6O6S/c21-31-32-33-16-3-1-15(2-4-16)5-8-24(11-17-22-6-9-25(17)13-19(27)28)12-18-23-7-10-26(18)14-20(29)30/h1-4,6-7,9-10H,5,8,11-14,21H2,(H,27,28)(H,29,30). The van der Waals surface area contributed by atoms with Gasteiger partial charge in [-0.25, -0.2) is 9.97 Å². The van der Waals surface area contributed by atoms with Crippen LogP contribution in [0, 0.1) is 0 Å². The predicted octanol–water partition coefficient (Wildman–Crippen LogP) is 1.32. The van der Waals surface area contributed by atoms with Crippen molar-refractivity contribution >= 4 is 24.0 Å². The summed E-state index contributed by atoms with van der Waals surface area (Å²) in [6, 6.07) is 7.67. The van der Waals surface area contributed by atoms with Crippen LogP contribution in [-0.2, 0) is 51.5 Å². The van der Waals surface area contributed by atoms with E-state index in [1.807, 2.05) is 24.3 Å². The molecule has 0 aliphatic carbocycles. The van der Waals surface area contributed by atoms with Crippen LogP contribution >= 0.6 is 12.0 Å². The molecule has 3 rings (SSSR count). The van der Waals surface area contributed by atoms with E-state index in [2.05, 4.69) is 24.2 Å². The minimum absolute atomic E-state index is 0.190. The van der Waals surface area contributed by atoms with E-state index in [4.69, 9.17) is 16.1 Å². The Morgan fingerprint density at radius 3 is 2.00 bits per heavy atom. The number of carboxylic acid groups (broad SMARTS) is 2. The average molecular weight is 477 g/mol. The Morgan fingerprint density at radius 1 is 0.970 bits per heavy atom. The summed E-state index contributed by atoms with van der Waals surface area (Å²) >= 11 is 0.996. The summed E-state index contributed by atoms with van der Waals surface area (Å²) in [5.41, 5.74) is 1.07. The van der Waals surface area contributed by atoms with Crippen LogP contribution in [0.5, 0.6) is 0 Å². The lowest BCUT2D eigenvalue weighted by atomic mass is 10.1. The van der Waals surface area contributed by atoms with Crippen molar-refractivity contribution in [1.29, 1.82) is 0 Å². The second kappa shape index (κ2) is 12.1. The molecule has 13 heteroatoms. The second-order valence-corrected chi connectivity index (χ2v) is 7.86. The van der Waals surface area contributed by atoms with Gasteiger partial charge in [0.2, 0.25) is 0 Å². The average Bonchev–Trinajstić information content (AvgIpc) is 3.39. The summed E-state index contributed by atoms with van der Waals surface area (Å²) in [4.78, 5) is 37.9. The van der Waals surface area contributed by atoms with Crippen molar-refractivity contribution in [2.75, 3.05) is 6.54 Å². The molecule has 33 heavy (non-hydrogen) atoms. The summed E-state index contributed by atoms with van der Waals surface area (Å²) in [7, 11) is 0. The molecular formula is C20H24N6O6S. The number of aliphatic carboxylic acids is 2. The normalized spacial score (nSPS) is 11.2. The Hall–Kier alpha value is -3.23. The lowest BCUT2D eigenvalue weighted by molar-refractivity contribution is -0.195. The fourth-order valence-electron chi connectivity index (χ4n) is 3.23. The third-order valence-electron chi connectivity index (χ3n) is 4.75. The molecule has 2 aromatic heterocycles. The van der Waals surface area contributed by atoms with E-state index in [9.17, 15) is 9.59 Å². The van der Waals surface area contributed by atoms with Gasteiger partial charge in [0.15, 0.2) is 0 Å². The molecule has 0 aliphatic heterocycles.